The highest BCUT2D eigenvalue weighted by Crippen LogP contribution is 2.26. The summed E-state index contributed by atoms with van der Waals surface area (Å²) in [7, 11) is 0. The Hall–Kier alpha value is -2.90. The van der Waals surface area contributed by atoms with E-state index >= 15 is 0 Å². The van der Waals surface area contributed by atoms with Crippen molar-refractivity contribution >= 4 is 55.7 Å². The van der Waals surface area contributed by atoms with Crippen LogP contribution in [0, 0.1) is 0 Å². The first-order chi connectivity index (χ1) is 14.1. The minimum Gasteiger partial charge on any atom is -0.325 e. The van der Waals surface area contributed by atoms with Crippen LogP contribution in [0.5, 0.6) is 0 Å². The molecule has 5 nitrogen and oxygen atoms in total. The summed E-state index contributed by atoms with van der Waals surface area (Å²) in [6.07, 6.45) is 1.66. The highest BCUT2D eigenvalue weighted by Gasteiger charge is 2.19. The van der Waals surface area contributed by atoms with Crippen LogP contribution in [0.15, 0.2) is 76.5 Å². The zero-order chi connectivity index (χ0) is 20.4. The first kappa shape index (κ1) is 19.4. The average Bonchev–Trinajstić information content (AvgIpc) is 3.19. The van der Waals surface area contributed by atoms with E-state index in [2.05, 4.69) is 16.9 Å². The van der Waals surface area contributed by atoms with Gasteiger partial charge in [-0.1, -0.05) is 48.2 Å². The predicted octanol–water partition coefficient (Wildman–Crippen LogP) is 4.92. The number of benzene rings is 2. The number of carbonyl (C=O) groups excluding carboxylic acids is 1. The summed E-state index contributed by atoms with van der Waals surface area (Å²) in [5, 5.41) is 7.68. The van der Waals surface area contributed by atoms with E-state index in [9.17, 15) is 9.59 Å². The monoisotopic (exact) mass is 421 g/mol. The molecule has 0 saturated carbocycles. The lowest BCUT2D eigenvalue weighted by Crippen LogP contribution is -2.26. The van der Waals surface area contributed by atoms with Gasteiger partial charge in [0.2, 0.25) is 5.91 Å². The number of aromatic nitrogens is 2. The van der Waals surface area contributed by atoms with Crippen molar-refractivity contribution in [2.75, 3.05) is 5.32 Å². The van der Waals surface area contributed by atoms with E-state index in [1.165, 1.54) is 23.1 Å². The van der Waals surface area contributed by atoms with Gasteiger partial charge in [0.15, 0.2) is 5.16 Å². The largest absolute Gasteiger partial charge is 0.325 e. The van der Waals surface area contributed by atoms with Gasteiger partial charge in [0.1, 0.15) is 4.83 Å². The Morgan fingerprint density at radius 2 is 2.07 bits per heavy atom. The Kier molecular flexibility index (Phi) is 5.51. The molecule has 1 atom stereocenters. The van der Waals surface area contributed by atoms with Gasteiger partial charge in [0.25, 0.3) is 5.56 Å². The van der Waals surface area contributed by atoms with Crippen molar-refractivity contribution in [1.82, 2.24) is 9.55 Å². The number of thiophene rings is 1. The first-order valence-corrected chi connectivity index (χ1v) is 10.9. The van der Waals surface area contributed by atoms with Crippen molar-refractivity contribution in [3.05, 3.63) is 76.9 Å². The van der Waals surface area contributed by atoms with Crippen LogP contribution in [0.1, 0.15) is 6.92 Å². The van der Waals surface area contributed by atoms with Crippen molar-refractivity contribution in [2.24, 2.45) is 0 Å². The molecule has 1 amide bonds. The molecule has 0 radical (unpaired) electrons. The number of hydrogen-bond acceptors (Lipinski definition) is 5. The summed E-state index contributed by atoms with van der Waals surface area (Å²) in [4.78, 5) is 30.8. The maximum absolute atomic E-state index is 12.8. The molecule has 4 aromatic rings. The lowest BCUT2D eigenvalue weighted by molar-refractivity contribution is -0.115. The molecule has 146 valence electrons. The van der Waals surface area contributed by atoms with Crippen LogP contribution in [-0.2, 0) is 11.3 Å². The SMILES string of the molecule is C=CCn1c(SC(C)C(=O)Nc2ccc3ccccc3c2)nc2sccc2c1=O. The Bertz CT molecular complexity index is 1280. The van der Waals surface area contributed by atoms with Gasteiger partial charge < -0.3 is 5.32 Å². The Labute approximate surface area is 176 Å². The topological polar surface area (TPSA) is 64.0 Å². The molecular weight excluding hydrogens is 402 g/mol. The Balaban J connectivity index is 1.57. The van der Waals surface area contributed by atoms with Gasteiger partial charge in [-0.25, -0.2) is 4.98 Å². The van der Waals surface area contributed by atoms with Crippen molar-refractivity contribution in [1.29, 1.82) is 0 Å². The van der Waals surface area contributed by atoms with Gasteiger partial charge >= 0.3 is 0 Å². The van der Waals surface area contributed by atoms with Gasteiger partial charge in [-0.3, -0.25) is 14.2 Å². The van der Waals surface area contributed by atoms with Gasteiger partial charge in [-0.05, 0) is 41.3 Å². The normalized spacial score (nSPS) is 12.2. The average molecular weight is 422 g/mol. The molecule has 1 N–H and O–H groups in total. The number of amides is 1. The molecule has 7 heteroatoms. The zero-order valence-electron chi connectivity index (χ0n) is 15.8. The van der Waals surface area contributed by atoms with Gasteiger partial charge in [-0.2, -0.15) is 0 Å². The number of carbonyl (C=O) groups is 1. The van der Waals surface area contributed by atoms with E-state index in [4.69, 9.17) is 0 Å². The van der Waals surface area contributed by atoms with Gasteiger partial charge in [-0.15, -0.1) is 17.9 Å². The van der Waals surface area contributed by atoms with E-state index in [0.29, 0.717) is 21.9 Å². The maximum atomic E-state index is 12.8. The van der Waals surface area contributed by atoms with Gasteiger partial charge in [0.05, 0.1) is 10.6 Å². The molecule has 0 aliphatic heterocycles. The van der Waals surface area contributed by atoms with Crippen molar-refractivity contribution in [3.63, 3.8) is 0 Å². The summed E-state index contributed by atoms with van der Waals surface area (Å²) in [6, 6.07) is 15.6. The van der Waals surface area contributed by atoms with Gasteiger partial charge in [0, 0.05) is 12.2 Å². The van der Waals surface area contributed by atoms with E-state index in [0.717, 1.165) is 16.5 Å². The molecule has 1 unspecified atom stereocenters. The third-order valence-corrected chi connectivity index (χ3v) is 6.43. The summed E-state index contributed by atoms with van der Waals surface area (Å²) in [5.41, 5.74) is 0.632. The number of hydrogen-bond donors (Lipinski definition) is 1. The molecule has 4 rings (SSSR count). The second kappa shape index (κ2) is 8.23. The van der Waals surface area contributed by atoms with Crippen LogP contribution in [-0.4, -0.2) is 20.7 Å². The van der Waals surface area contributed by atoms with E-state index in [-0.39, 0.29) is 11.5 Å². The minimum absolute atomic E-state index is 0.110. The van der Waals surface area contributed by atoms with Crippen molar-refractivity contribution < 1.29 is 4.79 Å². The second-order valence-corrected chi connectivity index (χ2v) is 8.75. The number of nitrogens with zero attached hydrogens (tertiary/aromatic N) is 2. The fourth-order valence-electron chi connectivity index (χ4n) is 3.03. The lowest BCUT2D eigenvalue weighted by atomic mass is 10.1. The molecule has 0 saturated heterocycles. The van der Waals surface area contributed by atoms with E-state index in [1.807, 2.05) is 54.8 Å². The second-order valence-electron chi connectivity index (χ2n) is 6.55. The van der Waals surface area contributed by atoms with E-state index in [1.54, 1.807) is 16.7 Å². The quantitative estimate of drug-likeness (QED) is 0.273. The molecule has 0 spiro atoms. The maximum Gasteiger partial charge on any atom is 0.263 e. The summed E-state index contributed by atoms with van der Waals surface area (Å²) in [6.45, 7) is 5.88. The number of anilines is 1. The molecule has 2 aromatic heterocycles. The highest BCUT2D eigenvalue weighted by molar-refractivity contribution is 8.00. The highest BCUT2D eigenvalue weighted by atomic mass is 32.2. The smallest absolute Gasteiger partial charge is 0.263 e. The summed E-state index contributed by atoms with van der Waals surface area (Å²) < 4.78 is 1.56. The van der Waals surface area contributed by atoms with Crippen molar-refractivity contribution in [2.45, 2.75) is 23.9 Å². The third kappa shape index (κ3) is 3.97. The number of allylic oxidation sites excluding steroid dienone is 1. The number of rotatable bonds is 6. The molecule has 2 aromatic carbocycles. The fourth-order valence-corrected chi connectivity index (χ4v) is 4.76. The molecular formula is C22H19N3O2S2. The first-order valence-electron chi connectivity index (χ1n) is 9.12. The Morgan fingerprint density at radius 3 is 2.86 bits per heavy atom. The van der Waals surface area contributed by atoms with Crippen LogP contribution >= 0.6 is 23.1 Å². The standard InChI is InChI=1S/C22H19N3O2S2/c1-3-11-25-21(27)18-10-12-28-20(18)24-22(25)29-14(2)19(26)23-17-9-8-15-6-4-5-7-16(15)13-17/h3-10,12-14H,1,11H2,2H3,(H,23,26). The molecule has 29 heavy (non-hydrogen) atoms. The van der Waals surface area contributed by atoms with Crippen LogP contribution in [0.3, 0.4) is 0 Å². The predicted molar refractivity (Wildman–Crippen MR) is 122 cm³/mol. The molecule has 2 heterocycles. The Morgan fingerprint density at radius 1 is 1.28 bits per heavy atom. The number of fused-ring (bicyclic) bond motifs is 2. The molecule has 0 bridgehead atoms. The zero-order valence-corrected chi connectivity index (χ0v) is 17.4. The third-order valence-electron chi connectivity index (χ3n) is 4.53. The number of thioether (sulfide) groups is 1. The van der Waals surface area contributed by atoms with Crippen LogP contribution in [0.4, 0.5) is 5.69 Å². The van der Waals surface area contributed by atoms with Crippen LogP contribution in [0.25, 0.3) is 21.0 Å². The molecule has 0 fully saturated rings. The summed E-state index contributed by atoms with van der Waals surface area (Å²) >= 11 is 2.69. The summed E-state index contributed by atoms with van der Waals surface area (Å²) in [5.74, 6) is -0.143. The minimum atomic E-state index is -0.429. The van der Waals surface area contributed by atoms with Crippen molar-refractivity contribution in [3.8, 4) is 0 Å². The number of nitrogens with one attached hydrogen (secondary N) is 1. The molecule has 0 aliphatic carbocycles. The van der Waals surface area contributed by atoms with Crippen LogP contribution in [0.2, 0.25) is 0 Å². The molecule has 0 aliphatic rings. The van der Waals surface area contributed by atoms with Crippen LogP contribution < -0.4 is 10.9 Å². The van der Waals surface area contributed by atoms with E-state index < -0.39 is 5.25 Å². The fraction of sp³-hybridized carbons (Fsp3) is 0.136. The lowest BCUT2D eigenvalue weighted by Gasteiger charge is -2.15.